The first-order chi connectivity index (χ1) is 9.65. The van der Waals surface area contributed by atoms with E-state index in [0.29, 0.717) is 11.3 Å². The highest BCUT2D eigenvalue weighted by Gasteiger charge is 2.49. The molecule has 2 aromatic rings. The lowest BCUT2D eigenvalue weighted by atomic mass is 10.0. The Kier molecular flexibility index (Phi) is 2.36. The van der Waals surface area contributed by atoms with Gasteiger partial charge in [-0.2, -0.15) is 0 Å². The summed E-state index contributed by atoms with van der Waals surface area (Å²) in [5.41, 5.74) is 1.42. The molecule has 1 atom stereocenters. The summed E-state index contributed by atoms with van der Waals surface area (Å²) >= 11 is 2.90. The van der Waals surface area contributed by atoms with Gasteiger partial charge in [-0.05, 0) is 17.5 Å². The third-order valence-electron chi connectivity index (χ3n) is 3.21. The summed E-state index contributed by atoms with van der Waals surface area (Å²) in [6, 6.07) is 3.76. The summed E-state index contributed by atoms with van der Waals surface area (Å²) in [6.07, 6.45) is 1.70. The standard InChI is InChI=1S/C13H7NO4S2/c15-11-7(12-14(11)8(5-20-12)13(16)17)3-6-4-10-9(18-6)1-2-19-10/h1-5,12H,(H,16,17)/b7-3+/t12-/m1/s1. The van der Waals surface area contributed by atoms with Crippen molar-refractivity contribution in [1.82, 2.24) is 4.90 Å². The van der Waals surface area contributed by atoms with Crippen LogP contribution in [0.3, 0.4) is 0 Å². The van der Waals surface area contributed by atoms with Gasteiger partial charge in [-0.15, -0.1) is 23.1 Å². The molecule has 1 fully saturated rings. The van der Waals surface area contributed by atoms with E-state index in [9.17, 15) is 9.59 Å². The van der Waals surface area contributed by atoms with E-state index >= 15 is 0 Å². The van der Waals surface area contributed by atoms with Gasteiger partial charge in [0.15, 0.2) is 0 Å². The second-order valence-electron chi connectivity index (χ2n) is 4.37. The molecule has 4 rings (SSSR count). The second kappa shape index (κ2) is 4.00. The van der Waals surface area contributed by atoms with Crippen molar-refractivity contribution >= 4 is 51.3 Å². The Morgan fingerprint density at radius 1 is 1.50 bits per heavy atom. The van der Waals surface area contributed by atoms with Crippen molar-refractivity contribution in [2.24, 2.45) is 0 Å². The van der Waals surface area contributed by atoms with Crippen LogP contribution in [-0.2, 0) is 9.59 Å². The van der Waals surface area contributed by atoms with Crippen LogP contribution in [0, 0.1) is 0 Å². The highest BCUT2D eigenvalue weighted by atomic mass is 32.2. The lowest BCUT2D eigenvalue weighted by molar-refractivity contribution is -0.141. The fourth-order valence-corrected chi connectivity index (χ4v) is 4.14. The summed E-state index contributed by atoms with van der Waals surface area (Å²) in [7, 11) is 0. The number of hydrogen-bond acceptors (Lipinski definition) is 5. The minimum atomic E-state index is -1.08. The van der Waals surface area contributed by atoms with E-state index in [1.165, 1.54) is 22.1 Å². The van der Waals surface area contributed by atoms with Gasteiger partial charge in [-0.1, -0.05) is 0 Å². The normalized spacial score (nSPS) is 23.1. The highest BCUT2D eigenvalue weighted by molar-refractivity contribution is 8.03. The first-order valence-electron chi connectivity index (χ1n) is 5.76. The van der Waals surface area contributed by atoms with E-state index < -0.39 is 5.97 Å². The zero-order valence-electron chi connectivity index (χ0n) is 9.90. The molecule has 1 saturated heterocycles. The molecule has 0 bridgehead atoms. The monoisotopic (exact) mass is 305 g/mol. The molecule has 0 saturated carbocycles. The quantitative estimate of drug-likeness (QED) is 0.682. The number of furan rings is 1. The van der Waals surface area contributed by atoms with Crippen molar-refractivity contribution in [2.75, 3.05) is 0 Å². The van der Waals surface area contributed by atoms with Crippen molar-refractivity contribution in [3.8, 4) is 0 Å². The van der Waals surface area contributed by atoms with E-state index in [4.69, 9.17) is 9.52 Å². The largest absolute Gasteiger partial charge is 0.477 e. The number of fused-ring (bicyclic) bond motifs is 2. The van der Waals surface area contributed by atoms with Gasteiger partial charge in [0.2, 0.25) is 0 Å². The molecule has 0 aromatic carbocycles. The number of thioether (sulfide) groups is 1. The molecule has 5 nitrogen and oxygen atoms in total. The van der Waals surface area contributed by atoms with Gasteiger partial charge in [0.05, 0.1) is 10.3 Å². The molecular weight excluding hydrogens is 298 g/mol. The smallest absolute Gasteiger partial charge is 0.353 e. The number of nitrogens with zero attached hydrogens (tertiary/aromatic N) is 1. The molecule has 1 N–H and O–H groups in total. The van der Waals surface area contributed by atoms with Crippen LogP contribution in [0.4, 0.5) is 0 Å². The minimum Gasteiger partial charge on any atom is -0.477 e. The fourth-order valence-electron chi connectivity index (χ4n) is 2.28. The second-order valence-corrected chi connectivity index (χ2v) is 6.27. The molecule has 2 aromatic heterocycles. The maximum atomic E-state index is 12.0. The van der Waals surface area contributed by atoms with Crippen molar-refractivity contribution < 1.29 is 19.1 Å². The molecule has 0 aliphatic carbocycles. The Labute approximate surface area is 121 Å². The summed E-state index contributed by atoms with van der Waals surface area (Å²) in [5.74, 6) is -0.724. The number of carbonyl (C=O) groups excluding carboxylic acids is 1. The number of thiophene rings is 1. The predicted molar refractivity (Wildman–Crippen MR) is 76.0 cm³/mol. The molecule has 2 aliphatic rings. The number of carboxylic acid groups (broad SMARTS) is 1. The number of carbonyl (C=O) groups is 2. The number of amides is 1. The Hall–Kier alpha value is -1.99. The molecule has 20 heavy (non-hydrogen) atoms. The van der Waals surface area contributed by atoms with Crippen LogP contribution in [0.1, 0.15) is 5.76 Å². The van der Waals surface area contributed by atoms with Crippen molar-refractivity contribution in [3.63, 3.8) is 0 Å². The zero-order chi connectivity index (χ0) is 13.9. The number of rotatable bonds is 2. The van der Waals surface area contributed by atoms with Crippen LogP contribution in [0.15, 0.2) is 38.6 Å². The van der Waals surface area contributed by atoms with Crippen molar-refractivity contribution in [2.45, 2.75) is 5.37 Å². The molecule has 2 aliphatic heterocycles. The summed E-state index contributed by atoms with van der Waals surface area (Å²) in [5, 5.41) is 12.2. The molecule has 0 radical (unpaired) electrons. The average Bonchev–Trinajstić information content (AvgIpc) is 3.07. The summed E-state index contributed by atoms with van der Waals surface area (Å²) in [6.45, 7) is 0. The van der Waals surface area contributed by atoms with Crippen LogP contribution in [-0.4, -0.2) is 27.3 Å². The average molecular weight is 305 g/mol. The number of β-lactam (4-membered cyclic amide) rings is 1. The van der Waals surface area contributed by atoms with Crippen LogP contribution >= 0.6 is 23.1 Å². The van der Waals surface area contributed by atoms with Gasteiger partial charge >= 0.3 is 5.97 Å². The summed E-state index contributed by atoms with van der Waals surface area (Å²) < 4.78 is 6.64. The van der Waals surface area contributed by atoms with Gasteiger partial charge in [0.1, 0.15) is 22.4 Å². The first-order valence-corrected chi connectivity index (χ1v) is 7.58. The number of hydrogen-bond donors (Lipinski definition) is 1. The Bertz CT molecular complexity index is 785. The molecule has 1 amide bonds. The topological polar surface area (TPSA) is 70.7 Å². The van der Waals surface area contributed by atoms with Crippen molar-refractivity contribution in [3.05, 3.63) is 40.0 Å². The van der Waals surface area contributed by atoms with Gasteiger partial charge in [-0.3, -0.25) is 9.69 Å². The summed E-state index contributed by atoms with van der Waals surface area (Å²) in [4.78, 5) is 24.3. The lowest BCUT2D eigenvalue weighted by Gasteiger charge is -2.36. The van der Waals surface area contributed by atoms with E-state index in [0.717, 1.165) is 10.3 Å². The van der Waals surface area contributed by atoms with Gasteiger partial charge in [0.25, 0.3) is 5.91 Å². The molecule has 4 heterocycles. The predicted octanol–water partition coefficient (Wildman–Crippen LogP) is 2.72. The Morgan fingerprint density at radius 3 is 3.10 bits per heavy atom. The maximum absolute atomic E-state index is 12.0. The number of aliphatic carboxylic acids is 1. The zero-order valence-corrected chi connectivity index (χ0v) is 11.5. The van der Waals surface area contributed by atoms with Crippen LogP contribution in [0.2, 0.25) is 0 Å². The number of carboxylic acids is 1. The van der Waals surface area contributed by atoms with Gasteiger partial charge in [0, 0.05) is 11.5 Å². The van der Waals surface area contributed by atoms with Crippen LogP contribution < -0.4 is 0 Å². The van der Waals surface area contributed by atoms with Gasteiger partial charge in [-0.25, -0.2) is 4.79 Å². The van der Waals surface area contributed by atoms with E-state index in [2.05, 4.69) is 0 Å². The van der Waals surface area contributed by atoms with Gasteiger partial charge < -0.3 is 9.52 Å². The molecular formula is C13H7NO4S2. The van der Waals surface area contributed by atoms with Crippen LogP contribution in [0.25, 0.3) is 16.4 Å². The van der Waals surface area contributed by atoms with E-state index in [1.807, 2.05) is 17.5 Å². The molecule has 0 unspecified atom stereocenters. The Morgan fingerprint density at radius 2 is 2.35 bits per heavy atom. The van der Waals surface area contributed by atoms with Crippen molar-refractivity contribution in [1.29, 1.82) is 0 Å². The Balaban J connectivity index is 1.65. The van der Waals surface area contributed by atoms with Crippen LogP contribution in [0.5, 0.6) is 0 Å². The third kappa shape index (κ3) is 1.50. The van der Waals surface area contributed by atoms with E-state index in [-0.39, 0.29) is 17.0 Å². The first kappa shape index (κ1) is 11.8. The molecule has 100 valence electrons. The lowest BCUT2D eigenvalue weighted by Crippen LogP contribution is -2.51. The minimum absolute atomic E-state index is 0.0441. The molecule has 0 spiro atoms. The third-order valence-corrected chi connectivity index (χ3v) is 5.14. The molecule has 7 heteroatoms. The fraction of sp³-hybridized carbons (Fsp3) is 0.0769. The van der Waals surface area contributed by atoms with E-state index in [1.54, 1.807) is 17.4 Å². The maximum Gasteiger partial charge on any atom is 0.353 e. The highest BCUT2D eigenvalue weighted by Crippen LogP contribution is 2.45. The SMILES string of the molecule is O=C(O)C1=CS[C@@H]2/C(=C/c3cc4sccc4o3)C(=O)N12.